The predicted octanol–water partition coefficient (Wildman–Crippen LogP) is 9.64. The Labute approximate surface area is 372 Å². The third kappa shape index (κ3) is 18.8. The maximum absolute atomic E-state index is 12.7. The number of carbonyl (C=O) groups is 3. The van der Waals surface area contributed by atoms with Gasteiger partial charge in [0.1, 0.15) is 27.9 Å². The molecule has 2 amide bonds. The molecule has 0 spiro atoms. The maximum atomic E-state index is 12.7. The van der Waals surface area contributed by atoms with E-state index in [0.29, 0.717) is 43.5 Å². The Morgan fingerprint density at radius 2 is 1.08 bits per heavy atom. The summed E-state index contributed by atoms with van der Waals surface area (Å²) in [5.74, 6) is 0.689. The molecule has 0 aliphatic carbocycles. The number of pyridine rings is 2. The lowest BCUT2D eigenvalue weighted by Gasteiger charge is -2.33. The summed E-state index contributed by atoms with van der Waals surface area (Å²) in [6.07, 6.45) is 7.34. The Kier molecular flexibility index (Phi) is 19.0. The van der Waals surface area contributed by atoms with E-state index in [1.165, 1.54) is 0 Å². The number of Topliss-reactive ketones (excluding diaryl/α,β-unsaturated/α-hetero) is 1. The number of hydrogen-bond donors (Lipinski definition) is 1. The minimum Gasteiger partial charge on any atom is -0.444 e. The molecular formula is C46H76N6O7S2. The summed E-state index contributed by atoms with van der Waals surface area (Å²) in [5, 5.41) is 5.04. The Balaban J connectivity index is 0.000000369. The van der Waals surface area contributed by atoms with Crippen molar-refractivity contribution in [3.8, 4) is 0 Å². The largest absolute Gasteiger partial charge is 0.444 e. The van der Waals surface area contributed by atoms with E-state index in [4.69, 9.17) is 14.6 Å². The number of ketones is 1. The molecule has 0 aromatic carbocycles. The third-order valence-electron chi connectivity index (χ3n) is 9.95. The molecule has 2 N–H and O–H groups in total. The molecule has 15 heteroatoms. The van der Waals surface area contributed by atoms with Gasteiger partial charge in [0.25, 0.3) is 0 Å². The van der Waals surface area contributed by atoms with E-state index >= 15 is 0 Å². The van der Waals surface area contributed by atoms with Gasteiger partial charge in [-0.2, -0.15) is 4.40 Å². The Hall–Kier alpha value is -3.56. The fraction of sp³-hybridized carbons (Fsp3) is 0.696. The van der Waals surface area contributed by atoms with Gasteiger partial charge >= 0.3 is 12.2 Å². The lowest BCUT2D eigenvalue weighted by molar-refractivity contribution is 0.0118. The van der Waals surface area contributed by atoms with Gasteiger partial charge in [0.2, 0.25) is 0 Å². The lowest BCUT2D eigenvalue weighted by atomic mass is 9.92. The van der Waals surface area contributed by atoms with Crippen molar-refractivity contribution in [3.05, 3.63) is 60.2 Å². The summed E-state index contributed by atoms with van der Waals surface area (Å²) >= 11 is 0. The average Bonchev–Trinajstić information content (AvgIpc) is 3.61. The molecule has 2 aromatic heterocycles. The van der Waals surface area contributed by atoms with Crippen LogP contribution in [0, 0.1) is 11.8 Å². The van der Waals surface area contributed by atoms with E-state index in [9.17, 15) is 22.8 Å². The number of aromatic nitrogens is 2. The van der Waals surface area contributed by atoms with E-state index in [1.54, 1.807) is 29.4 Å². The number of hydrogen-bond acceptors (Lipinski definition) is 9. The van der Waals surface area contributed by atoms with Crippen molar-refractivity contribution < 1.29 is 32.3 Å². The summed E-state index contributed by atoms with van der Waals surface area (Å²) in [6, 6.07) is 11.1. The van der Waals surface area contributed by atoms with Crippen LogP contribution in [-0.4, -0.2) is 96.7 Å². The monoisotopic (exact) mass is 889 g/mol. The molecule has 2 fully saturated rings. The molecule has 2 unspecified atom stereocenters. The molecule has 61 heavy (non-hydrogen) atoms. The molecule has 0 saturated carbocycles. The number of amides is 2. The molecular weight excluding hydrogens is 813 g/mol. The second kappa shape index (κ2) is 21.7. The van der Waals surface area contributed by atoms with Crippen LogP contribution >= 0.6 is 0 Å². The van der Waals surface area contributed by atoms with Crippen molar-refractivity contribution in [3.63, 3.8) is 0 Å². The van der Waals surface area contributed by atoms with Crippen LogP contribution in [0.5, 0.6) is 0 Å². The molecule has 2 aliphatic rings. The first-order valence-electron chi connectivity index (χ1n) is 21.2. The third-order valence-corrected chi connectivity index (χ3v) is 12.6. The van der Waals surface area contributed by atoms with Crippen molar-refractivity contribution in [1.82, 2.24) is 19.8 Å². The lowest BCUT2D eigenvalue weighted by Crippen LogP contribution is -2.45. The van der Waals surface area contributed by atoms with E-state index in [0.717, 1.165) is 37.1 Å². The van der Waals surface area contributed by atoms with Crippen LogP contribution in [-0.2, 0) is 31.4 Å². The van der Waals surface area contributed by atoms with Crippen LogP contribution in [0.1, 0.15) is 165 Å². The average molecular weight is 889 g/mol. The van der Waals surface area contributed by atoms with Gasteiger partial charge in [-0.1, -0.05) is 12.1 Å². The highest BCUT2D eigenvalue weighted by molar-refractivity contribution is 7.85. The van der Waals surface area contributed by atoms with Crippen LogP contribution in [0.4, 0.5) is 9.59 Å². The Morgan fingerprint density at radius 1 is 0.689 bits per heavy atom. The molecule has 2 aliphatic heterocycles. The number of ether oxygens (including phenoxy) is 2. The standard InChI is InChI=1S/C23H37N3O3S.C19H28N2O3.C4H11NOS/c1-21(2,3)29-20(27)26-16-17(15-23(26,7)8)12-13-19(18-11-9-10-14-24-18)25-30(28)22(4,5)6;1-18(2,3)24-17(23)21-13-14(12-19(21,4)5)9-10-16(22)15-8-6-7-11-20-15;1-4(2,3)7(5)6/h9-11,14,17H,12-13,15-16H2,1-8H3;6-8,11,14H,9-10,12-13H2,1-5H3;5H2,1-3H3/t17-,30?;14-;/m00./s1. The van der Waals surface area contributed by atoms with Gasteiger partial charge in [0.15, 0.2) is 5.78 Å². The van der Waals surface area contributed by atoms with E-state index in [-0.39, 0.29) is 33.8 Å². The van der Waals surface area contributed by atoms with Crippen molar-refractivity contribution in [2.24, 2.45) is 21.4 Å². The summed E-state index contributed by atoms with van der Waals surface area (Å²) in [7, 11) is -2.53. The van der Waals surface area contributed by atoms with Crippen molar-refractivity contribution in [2.45, 2.75) is 181 Å². The van der Waals surface area contributed by atoms with Crippen LogP contribution < -0.4 is 5.14 Å². The van der Waals surface area contributed by atoms with Gasteiger partial charge in [-0.05, 0) is 179 Å². The van der Waals surface area contributed by atoms with Gasteiger partial charge < -0.3 is 19.3 Å². The Bertz CT molecular complexity index is 1830. The molecule has 0 bridgehead atoms. The van der Waals surface area contributed by atoms with Gasteiger partial charge in [-0.3, -0.25) is 19.9 Å². The second-order valence-electron chi connectivity index (χ2n) is 21.2. The van der Waals surface area contributed by atoms with Crippen LogP contribution in [0.15, 0.2) is 53.2 Å². The number of likely N-dealkylation sites (tertiary alicyclic amines) is 2. The Morgan fingerprint density at radius 3 is 1.43 bits per heavy atom. The number of rotatable bonds is 9. The maximum Gasteiger partial charge on any atom is 0.410 e. The van der Waals surface area contributed by atoms with Crippen LogP contribution in [0.2, 0.25) is 0 Å². The van der Waals surface area contributed by atoms with E-state index in [1.807, 2.05) is 112 Å². The molecule has 2 aromatic rings. The van der Waals surface area contributed by atoms with E-state index < -0.39 is 37.9 Å². The summed E-state index contributed by atoms with van der Waals surface area (Å²) in [4.78, 5) is 49.4. The molecule has 4 atom stereocenters. The van der Waals surface area contributed by atoms with Crippen LogP contribution in [0.3, 0.4) is 0 Å². The fourth-order valence-electron chi connectivity index (χ4n) is 6.76. The highest BCUT2D eigenvalue weighted by Gasteiger charge is 2.44. The summed E-state index contributed by atoms with van der Waals surface area (Å²) < 4.78 is 38.0. The number of nitrogens with two attached hydrogens (primary N) is 1. The number of carbonyl (C=O) groups excluding carboxylic acids is 3. The SMILES string of the molecule is CC(C)(C)OC(=O)N1C[C@@H](CCC(=NS(=O)C(C)(C)C)c2ccccn2)CC1(C)C.CC(C)(C)OC(=O)N1C[C@@H](CCC(=O)c2ccccn2)CC1(C)C.CC(C)(C)S(N)=O. The fourth-order valence-corrected chi connectivity index (χ4v) is 7.42. The topological polar surface area (TPSA) is 174 Å². The summed E-state index contributed by atoms with van der Waals surface area (Å²) in [5.41, 5.74) is 0.513. The van der Waals surface area contributed by atoms with Gasteiger partial charge in [-0.25, -0.2) is 18.0 Å². The number of nitrogens with zero attached hydrogens (tertiary/aromatic N) is 5. The molecule has 4 heterocycles. The first-order chi connectivity index (χ1) is 27.7. The van der Waals surface area contributed by atoms with Crippen molar-refractivity contribution in [2.75, 3.05) is 13.1 Å². The molecule has 344 valence electrons. The van der Waals surface area contributed by atoms with Crippen LogP contribution in [0.25, 0.3) is 0 Å². The van der Waals surface area contributed by atoms with Gasteiger partial charge in [0.05, 0.1) is 31.9 Å². The van der Waals surface area contributed by atoms with Crippen molar-refractivity contribution >= 4 is 45.7 Å². The predicted molar refractivity (Wildman–Crippen MR) is 248 cm³/mol. The smallest absolute Gasteiger partial charge is 0.410 e. The zero-order valence-corrected chi connectivity index (χ0v) is 41.6. The zero-order valence-electron chi connectivity index (χ0n) is 39.9. The van der Waals surface area contributed by atoms with Gasteiger partial charge in [-0.15, -0.1) is 0 Å². The molecule has 13 nitrogen and oxygen atoms in total. The normalized spacial score (nSPS) is 20.0. The highest BCUT2D eigenvalue weighted by Crippen LogP contribution is 2.37. The molecule has 2 saturated heterocycles. The van der Waals surface area contributed by atoms with Gasteiger partial charge in [0, 0.05) is 43.0 Å². The minimum atomic E-state index is -1.35. The summed E-state index contributed by atoms with van der Waals surface area (Å²) in [6.45, 7) is 32.1. The minimum absolute atomic E-state index is 0.0594. The quantitative estimate of drug-likeness (QED) is 0.190. The van der Waals surface area contributed by atoms with Crippen molar-refractivity contribution in [1.29, 1.82) is 0 Å². The zero-order chi connectivity index (χ0) is 46.8. The highest BCUT2D eigenvalue weighted by atomic mass is 32.2. The molecule has 0 radical (unpaired) electrons. The second-order valence-corrected chi connectivity index (χ2v) is 24.9. The first kappa shape index (κ1) is 53.6. The first-order valence-corrected chi connectivity index (χ1v) is 23.6. The van der Waals surface area contributed by atoms with E-state index in [2.05, 4.69) is 42.1 Å². The molecule has 4 rings (SSSR count).